The number of alkyl halides is 3. The molecule has 194 valence electrons. The van der Waals surface area contributed by atoms with E-state index in [2.05, 4.69) is 9.71 Å². The number of hydrogen-bond donors (Lipinski definition) is 3. The van der Waals surface area contributed by atoms with Gasteiger partial charge in [-0.05, 0) is 49.9 Å². The number of benzene rings is 1. The Morgan fingerprint density at radius 2 is 1.60 bits per heavy atom. The summed E-state index contributed by atoms with van der Waals surface area (Å²) in [6, 6.07) is 6.48. The van der Waals surface area contributed by atoms with Crippen molar-refractivity contribution in [3.63, 3.8) is 0 Å². The largest absolute Gasteiger partial charge is 0.490 e. The summed E-state index contributed by atoms with van der Waals surface area (Å²) >= 11 is 0. The summed E-state index contributed by atoms with van der Waals surface area (Å²) < 4.78 is 59.8. The SMILES string of the molecule is CCCN(CCC)c1ncc(NS(=O)(=O)c2cc(C)ccc2C)cc1C(=O)O.O=C(O)C(F)(F)F. The van der Waals surface area contributed by atoms with Gasteiger partial charge in [0.1, 0.15) is 11.4 Å². The van der Waals surface area contributed by atoms with Crippen molar-refractivity contribution in [1.29, 1.82) is 0 Å². The molecule has 0 aliphatic carbocycles. The standard InChI is InChI=1S/C20H27N3O4S.C2HF3O2/c1-5-9-23(10-6-2)19-17(20(24)25)12-16(13-21-19)22-28(26,27)18-11-14(3)7-8-15(18)4;3-2(4,5)1(6)7/h7-8,11-13,22H,5-6,9-10H2,1-4H3,(H,24,25);(H,6,7). The first-order chi connectivity index (χ1) is 16.1. The quantitative estimate of drug-likeness (QED) is 0.442. The van der Waals surface area contributed by atoms with Gasteiger partial charge in [0.25, 0.3) is 10.0 Å². The van der Waals surface area contributed by atoms with Crippen molar-refractivity contribution in [2.45, 2.75) is 51.6 Å². The number of aryl methyl sites for hydroxylation is 2. The molecule has 0 fully saturated rings. The molecule has 1 aromatic carbocycles. The fourth-order valence-corrected chi connectivity index (χ4v) is 4.36. The van der Waals surface area contributed by atoms with E-state index in [1.807, 2.05) is 31.7 Å². The number of hydrogen-bond acceptors (Lipinski definition) is 6. The third-order valence-corrected chi connectivity index (χ3v) is 6.03. The van der Waals surface area contributed by atoms with Crippen LogP contribution in [0, 0.1) is 13.8 Å². The first kappa shape index (κ1) is 29.7. The maximum atomic E-state index is 12.8. The van der Waals surface area contributed by atoms with Crippen LogP contribution >= 0.6 is 0 Å². The molecule has 0 spiro atoms. The summed E-state index contributed by atoms with van der Waals surface area (Å²) in [5.74, 6) is -3.55. The van der Waals surface area contributed by atoms with Crippen LogP contribution in [-0.2, 0) is 14.8 Å². The minimum absolute atomic E-state index is 0.0249. The van der Waals surface area contributed by atoms with E-state index in [1.54, 1.807) is 19.1 Å². The van der Waals surface area contributed by atoms with Gasteiger partial charge in [-0.3, -0.25) is 4.72 Å². The van der Waals surface area contributed by atoms with Crippen molar-refractivity contribution in [1.82, 2.24) is 4.98 Å². The molecule has 0 radical (unpaired) electrons. The number of aromatic nitrogens is 1. The Hall–Kier alpha value is -3.35. The molecule has 0 unspecified atom stereocenters. The molecule has 35 heavy (non-hydrogen) atoms. The van der Waals surface area contributed by atoms with Crippen LogP contribution in [0.3, 0.4) is 0 Å². The Morgan fingerprint density at radius 1 is 1.06 bits per heavy atom. The van der Waals surface area contributed by atoms with Crippen molar-refractivity contribution in [2.24, 2.45) is 0 Å². The van der Waals surface area contributed by atoms with E-state index >= 15 is 0 Å². The second-order valence-corrected chi connectivity index (χ2v) is 9.22. The second-order valence-electron chi connectivity index (χ2n) is 7.56. The van der Waals surface area contributed by atoms with Crippen molar-refractivity contribution in [3.05, 3.63) is 47.2 Å². The van der Waals surface area contributed by atoms with E-state index in [1.165, 1.54) is 12.3 Å². The van der Waals surface area contributed by atoms with Crippen LogP contribution in [0.4, 0.5) is 24.7 Å². The summed E-state index contributed by atoms with van der Waals surface area (Å²) in [7, 11) is -3.86. The lowest BCUT2D eigenvalue weighted by Gasteiger charge is -2.24. The van der Waals surface area contributed by atoms with E-state index in [0.29, 0.717) is 24.5 Å². The number of nitrogens with one attached hydrogen (secondary N) is 1. The molecule has 0 saturated carbocycles. The molecule has 0 saturated heterocycles. The van der Waals surface area contributed by atoms with Crippen LogP contribution in [0.1, 0.15) is 48.2 Å². The number of sulfonamides is 1. The molecule has 0 bridgehead atoms. The molecule has 2 rings (SSSR count). The van der Waals surface area contributed by atoms with Gasteiger partial charge in [0, 0.05) is 13.1 Å². The maximum absolute atomic E-state index is 12.8. The van der Waals surface area contributed by atoms with Crippen molar-refractivity contribution >= 4 is 33.5 Å². The number of carbonyl (C=O) groups is 2. The molecule has 2 aromatic rings. The topological polar surface area (TPSA) is 137 Å². The lowest BCUT2D eigenvalue weighted by Crippen LogP contribution is -2.28. The normalized spacial score (nSPS) is 11.3. The minimum Gasteiger partial charge on any atom is -0.478 e. The van der Waals surface area contributed by atoms with Crippen molar-refractivity contribution in [2.75, 3.05) is 22.7 Å². The van der Waals surface area contributed by atoms with Gasteiger partial charge in [-0.2, -0.15) is 13.2 Å². The lowest BCUT2D eigenvalue weighted by molar-refractivity contribution is -0.192. The van der Waals surface area contributed by atoms with Crippen molar-refractivity contribution < 1.29 is 41.4 Å². The lowest BCUT2D eigenvalue weighted by atomic mass is 10.2. The van der Waals surface area contributed by atoms with Crippen LogP contribution in [0.15, 0.2) is 35.4 Å². The van der Waals surface area contributed by atoms with Gasteiger partial charge < -0.3 is 15.1 Å². The smallest absolute Gasteiger partial charge is 0.478 e. The predicted octanol–water partition coefficient (Wildman–Crippen LogP) is 4.46. The number of carboxylic acid groups (broad SMARTS) is 2. The maximum Gasteiger partial charge on any atom is 0.490 e. The Kier molecular flexibility index (Phi) is 10.5. The average molecular weight is 520 g/mol. The van der Waals surface area contributed by atoms with Crippen molar-refractivity contribution in [3.8, 4) is 0 Å². The fraction of sp³-hybridized carbons (Fsp3) is 0.409. The number of nitrogens with zero attached hydrogens (tertiary/aromatic N) is 2. The number of aliphatic carboxylic acids is 1. The number of rotatable bonds is 9. The summed E-state index contributed by atoms with van der Waals surface area (Å²) in [6.07, 6.45) is -2.02. The Morgan fingerprint density at radius 3 is 2.06 bits per heavy atom. The highest BCUT2D eigenvalue weighted by Crippen LogP contribution is 2.25. The molecule has 1 aromatic heterocycles. The summed E-state index contributed by atoms with van der Waals surface area (Å²) in [5.41, 5.74) is 1.52. The Balaban J connectivity index is 0.000000762. The van der Waals surface area contributed by atoms with Gasteiger partial charge >= 0.3 is 18.1 Å². The zero-order chi connectivity index (χ0) is 27.0. The third kappa shape index (κ3) is 8.74. The van der Waals surface area contributed by atoms with Gasteiger partial charge in [-0.15, -0.1) is 0 Å². The van der Waals surface area contributed by atoms with Crippen LogP contribution in [0.5, 0.6) is 0 Å². The molecular formula is C22H28F3N3O6S. The zero-order valence-corrected chi connectivity index (χ0v) is 20.5. The molecule has 13 heteroatoms. The second kappa shape index (κ2) is 12.4. The molecule has 0 atom stereocenters. The van der Waals surface area contributed by atoms with E-state index in [4.69, 9.17) is 9.90 Å². The monoisotopic (exact) mass is 519 g/mol. The van der Waals surface area contributed by atoms with Crippen LogP contribution < -0.4 is 9.62 Å². The van der Waals surface area contributed by atoms with Gasteiger partial charge in [-0.1, -0.05) is 26.0 Å². The molecule has 9 nitrogen and oxygen atoms in total. The highest BCUT2D eigenvalue weighted by atomic mass is 32.2. The highest BCUT2D eigenvalue weighted by Gasteiger charge is 2.38. The highest BCUT2D eigenvalue weighted by molar-refractivity contribution is 7.92. The van der Waals surface area contributed by atoms with Crippen LogP contribution in [0.2, 0.25) is 0 Å². The van der Waals surface area contributed by atoms with Gasteiger partial charge in [0.2, 0.25) is 0 Å². The first-order valence-electron chi connectivity index (χ1n) is 10.5. The van der Waals surface area contributed by atoms with E-state index in [9.17, 15) is 31.5 Å². The molecular weight excluding hydrogens is 491 g/mol. The predicted molar refractivity (Wildman–Crippen MR) is 124 cm³/mol. The Labute approximate surface area is 201 Å². The molecule has 0 amide bonds. The van der Waals surface area contributed by atoms with Gasteiger partial charge in [-0.25, -0.2) is 23.0 Å². The summed E-state index contributed by atoms with van der Waals surface area (Å²) in [6.45, 7) is 8.90. The number of aromatic carboxylic acids is 1. The minimum atomic E-state index is -5.08. The molecule has 1 heterocycles. The summed E-state index contributed by atoms with van der Waals surface area (Å²) in [4.78, 5) is 27.0. The zero-order valence-electron chi connectivity index (χ0n) is 19.7. The van der Waals surface area contributed by atoms with Crippen LogP contribution in [0.25, 0.3) is 0 Å². The fourth-order valence-electron chi connectivity index (χ4n) is 2.99. The number of pyridine rings is 1. The first-order valence-corrected chi connectivity index (χ1v) is 12.0. The van der Waals surface area contributed by atoms with E-state index in [-0.39, 0.29) is 16.1 Å². The average Bonchev–Trinajstić information content (AvgIpc) is 2.74. The number of carboxylic acids is 2. The molecule has 0 aliphatic heterocycles. The third-order valence-electron chi connectivity index (χ3n) is 4.51. The van der Waals surface area contributed by atoms with Crippen LogP contribution in [-0.4, -0.2) is 54.8 Å². The Bertz CT molecular complexity index is 1150. The summed E-state index contributed by atoms with van der Waals surface area (Å²) in [5, 5.41) is 16.8. The van der Waals surface area contributed by atoms with Gasteiger partial charge in [0.05, 0.1) is 16.8 Å². The van der Waals surface area contributed by atoms with E-state index < -0.39 is 28.1 Å². The molecule has 3 N–H and O–H groups in total. The number of anilines is 2. The van der Waals surface area contributed by atoms with E-state index in [0.717, 1.165) is 18.4 Å². The van der Waals surface area contributed by atoms with Gasteiger partial charge in [0.15, 0.2) is 0 Å². The molecule has 0 aliphatic rings. The number of halogens is 3.